The van der Waals surface area contributed by atoms with Crippen molar-refractivity contribution in [1.29, 1.82) is 0 Å². The lowest BCUT2D eigenvalue weighted by Crippen LogP contribution is -2.23. The van der Waals surface area contributed by atoms with E-state index in [1.54, 1.807) is 30.5 Å². The van der Waals surface area contributed by atoms with Crippen LogP contribution in [0.4, 0.5) is 0 Å². The van der Waals surface area contributed by atoms with Crippen molar-refractivity contribution in [2.75, 3.05) is 13.7 Å². The molecule has 1 aromatic heterocycles. The lowest BCUT2D eigenvalue weighted by atomic mass is 10.1. The molecule has 2 rings (SSSR count). The van der Waals surface area contributed by atoms with E-state index in [1.807, 2.05) is 0 Å². The zero-order valence-corrected chi connectivity index (χ0v) is 12.6. The Morgan fingerprint density at radius 1 is 1.45 bits per heavy atom. The topological polar surface area (TPSA) is 74.9 Å². The Morgan fingerprint density at radius 2 is 2.25 bits per heavy atom. The van der Waals surface area contributed by atoms with Crippen molar-refractivity contribution < 1.29 is 19.4 Å². The van der Waals surface area contributed by atoms with E-state index in [9.17, 15) is 10.2 Å². The summed E-state index contributed by atoms with van der Waals surface area (Å²) < 4.78 is 10.9. The zero-order chi connectivity index (χ0) is 14.5. The first-order chi connectivity index (χ1) is 9.65. The first kappa shape index (κ1) is 14.9. The summed E-state index contributed by atoms with van der Waals surface area (Å²) in [6.07, 6.45) is 1.57. The maximum Gasteiger partial charge on any atom is 0.172 e. The van der Waals surface area contributed by atoms with E-state index in [0.717, 1.165) is 5.56 Å². The predicted molar refractivity (Wildman–Crippen MR) is 77.7 cm³/mol. The van der Waals surface area contributed by atoms with Gasteiger partial charge in [-0.05, 0) is 45.8 Å². The third kappa shape index (κ3) is 3.33. The average molecular weight is 342 g/mol. The number of phenolic OH excluding ortho intramolecular Hbond substituents is 1. The Labute approximate surface area is 125 Å². The summed E-state index contributed by atoms with van der Waals surface area (Å²) in [4.78, 5) is 0. The summed E-state index contributed by atoms with van der Waals surface area (Å²) in [5.74, 6) is 1.15. The molecule has 5 nitrogen and oxygen atoms in total. The number of aliphatic hydroxyl groups is 1. The monoisotopic (exact) mass is 341 g/mol. The van der Waals surface area contributed by atoms with Crippen molar-refractivity contribution in [3.05, 3.63) is 46.3 Å². The second-order valence-electron chi connectivity index (χ2n) is 4.26. The molecule has 0 amide bonds. The largest absolute Gasteiger partial charge is 0.503 e. The van der Waals surface area contributed by atoms with Gasteiger partial charge in [-0.2, -0.15) is 0 Å². The fraction of sp³-hybridized carbons (Fsp3) is 0.286. The molecule has 1 aromatic carbocycles. The van der Waals surface area contributed by atoms with Crippen LogP contribution in [0.5, 0.6) is 11.5 Å². The number of hydrogen-bond acceptors (Lipinski definition) is 5. The minimum atomic E-state index is -0.274. The number of rotatable bonds is 6. The van der Waals surface area contributed by atoms with Gasteiger partial charge < -0.3 is 24.7 Å². The summed E-state index contributed by atoms with van der Waals surface area (Å²) in [7, 11) is 1.50. The van der Waals surface area contributed by atoms with Crippen LogP contribution < -0.4 is 10.1 Å². The van der Waals surface area contributed by atoms with Crippen LogP contribution in [0.15, 0.2) is 39.4 Å². The van der Waals surface area contributed by atoms with E-state index in [0.29, 0.717) is 22.5 Å². The number of phenols is 1. The molecular formula is C14H16BrNO4. The molecular weight excluding hydrogens is 326 g/mol. The van der Waals surface area contributed by atoms with E-state index < -0.39 is 0 Å². The van der Waals surface area contributed by atoms with Crippen LogP contribution in [0.25, 0.3) is 0 Å². The summed E-state index contributed by atoms with van der Waals surface area (Å²) in [6.45, 7) is 0.436. The third-order valence-electron chi connectivity index (χ3n) is 2.93. The summed E-state index contributed by atoms with van der Waals surface area (Å²) >= 11 is 3.27. The zero-order valence-electron chi connectivity index (χ0n) is 11.0. The molecule has 3 N–H and O–H groups in total. The van der Waals surface area contributed by atoms with Gasteiger partial charge in [-0.3, -0.25) is 0 Å². The smallest absolute Gasteiger partial charge is 0.172 e. The first-order valence-corrected chi connectivity index (χ1v) is 6.88. The maximum absolute atomic E-state index is 9.75. The number of halogens is 1. The maximum atomic E-state index is 9.75. The van der Waals surface area contributed by atoms with E-state index in [4.69, 9.17) is 9.15 Å². The Hall–Kier alpha value is -1.50. The number of aromatic hydroxyl groups is 1. The molecule has 0 fully saturated rings. The molecule has 20 heavy (non-hydrogen) atoms. The summed E-state index contributed by atoms with van der Waals surface area (Å²) in [5.41, 5.74) is 0.913. The fourth-order valence-corrected chi connectivity index (χ4v) is 2.36. The first-order valence-electron chi connectivity index (χ1n) is 6.08. The van der Waals surface area contributed by atoms with Gasteiger partial charge in [-0.25, -0.2) is 0 Å². The number of hydrogen-bond donors (Lipinski definition) is 3. The summed E-state index contributed by atoms with van der Waals surface area (Å²) in [6, 6.07) is 6.84. The molecule has 2 aromatic rings. The van der Waals surface area contributed by atoms with Crippen LogP contribution in [0.3, 0.4) is 0 Å². The van der Waals surface area contributed by atoms with E-state index in [-0.39, 0.29) is 18.4 Å². The third-order valence-corrected chi connectivity index (χ3v) is 3.53. The molecule has 6 heteroatoms. The van der Waals surface area contributed by atoms with Crippen molar-refractivity contribution in [3.63, 3.8) is 0 Å². The number of ether oxygens (including phenoxy) is 1. The minimum absolute atomic E-state index is 0.0656. The van der Waals surface area contributed by atoms with Gasteiger partial charge in [0.25, 0.3) is 0 Å². The van der Waals surface area contributed by atoms with Crippen LogP contribution in [0, 0.1) is 0 Å². The molecule has 0 saturated carbocycles. The van der Waals surface area contributed by atoms with E-state index in [1.165, 1.54) is 7.11 Å². The van der Waals surface area contributed by atoms with Gasteiger partial charge in [0.05, 0.1) is 30.5 Å². The number of benzene rings is 1. The van der Waals surface area contributed by atoms with Gasteiger partial charge in [-0.15, -0.1) is 0 Å². The highest BCUT2D eigenvalue weighted by Crippen LogP contribution is 2.35. The molecule has 0 radical (unpaired) electrons. The second-order valence-corrected chi connectivity index (χ2v) is 5.11. The molecule has 1 unspecified atom stereocenters. The Balaban J connectivity index is 2.08. The van der Waals surface area contributed by atoms with Gasteiger partial charge >= 0.3 is 0 Å². The molecule has 0 aliphatic rings. The quantitative estimate of drug-likeness (QED) is 0.752. The van der Waals surface area contributed by atoms with Gasteiger partial charge in [0.2, 0.25) is 0 Å². The van der Waals surface area contributed by atoms with Crippen LogP contribution in [0.2, 0.25) is 0 Å². The minimum Gasteiger partial charge on any atom is -0.503 e. The average Bonchev–Trinajstić information content (AvgIpc) is 2.97. The van der Waals surface area contributed by atoms with Crippen molar-refractivity contribution in [2.24, 2.45) is 0 Å². The Morgan fingerprint density at radius 3 is 2.85 bits per heavy atom. The molecule has 108 valence electrons. The molecule has 1 heterocycles. The highest BCUT2D eigenvalue weighted by Gasteiger charge is 2.14. The van der Waals surface area contributed by atoms with Gasteiger partial charge in [0, 0.05) is 6.54 Å². The number of methoxy groups -OCH3 is 1. The van der Waals surface area contributed by atoms with Crippen molar-refractivity contribution >= 4 is 15.9 Å². The fourth-order valence-electron chi connectivity index (χ4n) is 1.87. The van der Waals surface area contributed by atoms with E-state index >= 15 is 0 Å². The van der Waals surface area contributed by atoms with Gasteiger partial charge in [-0.1, -0.05) is 0 Å². The second kappa shape index (κ2) is 6.78. The standard InChI is InChI=1S/C14H16BrNO4/c1-19-13-6-9(5-10(15)14(13)18)7-16-11(8-17)12-3-2-4-20-12/h2-6,11,16-18H,7-8H2,1H3. The van der Waals surface area contributed by atoms with Crippen LogP contribution in [-0.4, -0.2) is 23.9 Å². The van der Waals surface area contributed by atoms with Crippen LogP contribution in [-0.2, 0) is 6.54 Å². The van der Waals surface area contributed by atoms with Crippen LogP contribution in [0.1, 0.15) is 17.4 Å². The lowest BCUT2D eigenvalue weighted by molar-refractivity contribution is 0.225. The SMILES string of the molecule is COc1cc(CNC(CO)c2ccco2)cc(Br)c1O. The van der Waals surface area contributed by atoms with Gasteiger partial charge in [0.15, 0.2) is 11.5 Å². The van der Waals surface area contributed by atoms with Crippen molar-refractivity contribution in [3.8, 4) is 11.5 Å². The van der Waals surface area contributed by atoms with E-state index in [2.05, 4.69) is 21.2 Å². The molecule has 0 bridgehead atoms. The van der Waals surface area contributed by atoms with Crippen LogP contribution >= 0.6 is 15.9 Å². The van der Waals surface area contributed by atoms with Crippen molar-refractivity contribution in [1.82, 2.24) is 5.32 Å². The molecule has 0 saturated heterocycles. The lowest BCUT2D eigenvalue weighted by Gasteiger charge is -2.15. The number of aliphatic hydroxyl groups excluding tert-OH is 1. The number of furan rings is 1. The molecule has 0 aliphatic heterocycles. The van der Waals surface area contributed by atoms with Gasteiger partial charge in [0.1, 0.15) is 5.76 Å². The molecule has 0 spiro atoms. The molecule has 0 aliphatic carbocycles. The Kier molecular flexibility index (Phi) is 5.05. The predicted octanol–water partition coefficient (Wildman–Crippen LogP) is 2.58. The number of nitrogens with one attached hydrogen (secondary N) is 1. The highest BCUT2D eigenvalue weighted by molar-refractivity contribution is 9.10. The summed E-state index contributed by atoms with van der Waals surface area (Å²) in [5, 5.41) is 22.3. The van der Waals surface area contributed by atoms with Crippen molar-refractivity contribution in [2.45, 2.75) is 12.6 Å². The molecule has 1 atom stereocenters. The highest BCUT2D eigenvalue weighted by atomic mass is 79.9. The normalized spacial score (nSPS) is 12.3. The Bertz CT molecular complexity index is 557.